The van der Waals surface area contributed by atoms with Crippen LogP contribution in [0.2, 0.25) is 0 Å². The van der Waals surface area contributed by atoms with Crippen LogP contribution in [0.25, 0.3) is 0 Å². The number of methoxy groups -OCH3 is 1. The van der Waals surface area contributed by atoms with Gasteiger partial charge >= 0.3 is 0 Å². The second-order valence-electron chi connectivity index (χ2n) is 8.10. The van der Waals surface area contributed by atoms with Gasteiger partial charge in [-0.25, -0.2) is 8.42 Å². The number of benzene rings is 2. The third kappa shape index (κ3) is 4.52. The third-order valence-corrected chi connectivity index (χ3v) is 8.08. The van der Waals surface area contributed by atoms with Crippen LogP contribution < -0.4 is 10.1 Å². The van der Waals surface area contributed by atoms with Gasteiger partial charge in [-0.2, -0.15) is 4.31 Å². The van der Waals surface area contributed by atoms with Crippen molar-refractivity contribution in [3.05, 3.63) is 53.6 Å². The first-order valence-corrected chi connectivity index (χ1v) is 12.0. The van der Waals surface area contributed by atoms with E-state index in [0.29, 0.717) is 36.7 Å². The molecule has 0 spiro atoms. The predicted octanol–water partition coefficient (Wildman–Crippen LogP) is 3.61. The van der Waals surface area contributed by atoms with Gasteiger partial charge < -0.3 is 10.1 Å². The van der Waals surface area contributed by atoms with Gasteiger partial charge in [0.15, 0.2) is 0 Å². The molecule has 160 valence electrons. The molecule has 30 heavy (non-hydrogen) atoms. The van der Waals surface area contributed by atoms with Crippen molar-refractivity contribution < 1.29 is 17.9 Å². The number of nitrogens with one attached hydrogen (secondary N) is 1. The molecule has 1 fully saturated rings. The van der Waals surface area contributed by atoms with E-state index in [4.69, 9.17) is 4.74 Å². The molecule has 2 aromatic carbocycles. The van der Waals surface area contributed by atoms with E-state index >= 15 is 0 Å². The summed E-state index contributed by atoms with van der Waals surface area (Å²) in [7, 11) is -1.84. The van der Waals surface area contributed by atoms with Gasteiger partial charge in [0, 0.05) is 25.2 Å². The van der Waals surface area contributed by atoms with E-state index in [1.54, 1.807) is 29.6 Å². The fraction of sp³-hybridized carbons (Fsp3) is 0.435. The molecule has 0 bridgehead atoms. The van der Waals surface area contributed by atoms with E-state index in [2.05, 4.69) is 17.4 Å². The fourth-order valence-corrected chi connectivity index (χ4v) is 5.79. The number of anilines is 1. The smallest absolute Gasteiger partial charge is 0.243 e. The summed E-state index contributed by atoms with van der Waals surface area (Å²) >= 11 is 0. The molecule has 2 aliphatic rings. The molecule has 6 nitrogen and oxygen atoms in total. The van der Waals surface area contributed by atoms with Gasteiger partial charge in [-0.1, -0.05) is 12.1 Å². The lowest BCUT2D eigenvalue weighted by molar-refractivity contribution is -0.116. The van der Waals surface area contributed by atoms with Crippen molar-refractivity contribution >= 4 is 21.6 Å². The van der Waals surface area contributed by atoms with Crippen molar-refractivity contribution in [2.24, 2.45) is 5.92 Å². The van der Waals surface area contributed by atoms with E-state index in [1.165, 1.54) is 5.56 Å². The first-order valence-electron chi connectivity index (χ1n) is 10.5. The highest BCUT2D eigenvalue weighted by molar-refractivity contribution is 7.89. The van der Waals surface area contributed by atoms with Crippen LogP contribution in [0.3, 0.4) is 0 Å². The summed E-state index contributed by atoms with van der Waals surface area (Å²) in [5, 5.41) is 2.80. The molecule has 0 atom stereocenters. The lowest BCUT2D eigenvalue weighted by Gasteiger charge is -2.31. The molecule has 2 aromatic rings. The minimum atomic E-state index is -3.50. The molecule has 1 amide bonds. The second-order valence-corrected chi connectivity index (χ2v) is 10.0. The molecule has 0 aromatic heterocycles. The number of ether oxygens (including phenoxy) is 1. The zero-order chi connectivity index (χ0) is 21.1. The Balaban J connectivity index is 1.34. The molecule has 0 saturated carbocycles. The summed E-state index contributed by atoms with van der Waals surface area (Å²) in [5.74, 6) is 1.38. The van der Waals surface area contributed by atoms with Crippen LogP contribution in [0.1, 0.15) is 36.8 Å². The Hall–Kier alpha value is -2.38. The Kier molecular flexibility index (Phi) is 6.11. The number of nitrogens with zero attached hydrogens (tertiary/aromatic N) is 1. The largest absolute Gasteiger partial charge is 0.497 e. The lowest BCUT2D eigenvalue weighted by atomic mass is 9.91. The predicted molar refractivity (Wildman–Crippen MR) is 116 cm³/mol. The molecule has 2 aliphatic heterocycles. The van der Waals surface area contributed by atoms with Crippen molar-refractivity contribution in [2.75, 3.05) is 25.5 Å². The summed E-state index contributed by atoms with van der Waals surface area (Å²) in [6, 6.07) is 13.2. The SMILES string of the molecule is COc1ccc(CCC2CCN(S(=O)(=O)c3ccc4c(c3)CCC(=O)N4)CC2)cc1. The van der Waals surface area contributed by atoms with Gasteiger partial charge in [0.25, 0.3) is 0 Å². The third-order valence-electron chi connectivity index (χ3n) is 6.18. The Bertz CT molecular complexity index is 1010. The van der Waals surface area contributed by atoms with Crippen molar-refractivity contribution in [3.63, 3.8) is 0 Å². The van der Waals surface area contributed by atoms with Gasteiger partial charge in [-0.05, 0) is 79.5 Å². The zero-order valence-corrected chi connectivity index (χ0v) is 18.1. The zero-order valence-electron chi connectivity index (χ0n) is 17.3. The standard InChI is InChI=1S/C23H28N2O4S/c1-29-20-7-4-17(5-8-20)2-3-18-12-14-25(15-13-18)30(27,28)21-9-10-22-19(16-21)6-11-23(26)24-22/h4-5,7-10,16,18H,2-3,6,11-15H2,1H3,(H,24,26). The molecule has 1 saturated heterocycles. The molecule has 0 radical (unpaired) electrons. The summed E-state index contributed by atoms with van der Waals surface area (Å²) in [5.41, 5.74) is 2.90. The van der Waals surface area contributed by atoms with Gasteiger partial charge in [0.05, 0.1) is 12.0 Å². The van der Waals surface area contributed by atoms with E-state index in [1.807, 2.05) is 12.1 Å². The molecular formula is C23H28N2O4S. The normalized spacial score (nSPS) is 18.0. The average Bonchev–Trinajstić information content (AvgIpc) is 2.78. The van der Waals surface area contributed by atoms with E-state index in [-0.39, 0.29) is 5.91 Å². The van der Waals surface area contributed by atoms with Gasteiger partial charge in [-0.3, -0.25) is 4.79 Å². The van der Waals surface area contributed by atoms with Crippen LogP contribution in [0.4, 0.5) is 5.69 Å². The number of carbonyl (C=O) groups excluding carboxylic acids is 1. The lowest BCUT2D eigenvalue weighted by Crippen LogP contribution is -2.38. The van der Waals surface area contributed by atoms with Gasteiger partial charge in [0.1, 0.15) is 5.75 Å². The highest BCUT2D eigenvalue weighted by atomic mass is 32.2. The Morgan fingerprint density at radius 1 is 1.07 bits per heavy atom. The number of piperidine rings is 1. The second kappa shape index (κ2) is 8.78. The number of rotatable bonds is 6. The Morgan fingerprint density at radius 2 is 1.80 bits per heavy atom. The maximum Gasteiger partial charge on any atom is 0.243 e. The quantitative estimate of drug-likeness (QED) is 0.763. The number of aryl methyl sites for hydroxylation is 2. The van der Waals surface area contributed by atoms with Crippen LogP contribution in [-0.2, 0) is 27.7 Å². The number of sulfonamides is 1. The summed E-state index contributed by atoms with van der Waals surface area (Å²) in [6.07, 6.45) is 4.82. The molecule has 0 aliphatic carbocycles. The monoisotopic (exact) mass is 428 g/mol. The Morgan fingerprint density at radius 3 is 2.50 bits per heavy atom. The van der Waals surface area contributed by atoms with Crippen LogP contribution >= 0.6 is 0 Å². The number of fused-ring (bicyclic) bond motifs is 1. The molecule has 1 N–H and O–H groups in total. The maximum atomic E-state index is 13.1. The molecule has 4 rings (SSSR count). The highest BCUT2D eigenvalue weighted by Gasteiger charge is 2.30. The first-order chi connectivity index (χ1) is 14.5. The van der Waals surface area contributed by atoms with Gasteiger partial charge in [0.2, 0.25) is 15.9 Å². The summed E-state index contributed by atoms with van der Waals surface area (Å²) in [4.78, 5) is 11.8. The number of carbonyl (C=O) groups is 1. The summed E-state index contributed by atoms with van der Waals surface area (Å²) in [6.45, 7) is 1.12. The molecule has 2 heterocycles. The minimum absolute atomic E-state index is 0.0187. The van der Waals surface area contributed by atoms with Crippen LogP contribution in [0.5, 0.6) is 5.75 Å². The number of hydrogen-bond acceptors (Lipinski definition) is 4. The molecular weight excluding hydrogens is 400 g/mol. The summed E-state index contributed by atoms with van der Waals surface area (Å²) < 4.78 is 33.0. The van der Waals surface area contributed by atoms with E-state index < -0.39 is 10.0 Å². The fourth-order valence-electron chi connectivity index (χ4n) is 4.27. The van der Waals surface area contributed by atoms with Crippen molar-refractivity contribution in [1.29, 1.82) is 0 Å². The molecule has 7 heteroatoms. The van der Waals surface area contributed by atoms with E-state index in [9.17, 15) is 13.2 Å². The topological polar surface area (TPSA) is 75.7 Å². The highest BCUT2D eigenvalue weighted by Crippen LogP contribution is 2.30. The van der Waals surface area contributed by atoms with E-state index in [0.717, 1.165) is 42.7 Å². The number of hydrogen-bond donors (Lipinski definition) is 1. The average molecular weight is 429 g/mol. The van der Waals surface area contributed by atoms with Crippen molar-refractivity contribution in [1.82, 2.24) is 4.31 Å². The number of amides is 1. The van der Waals surface area contributed by atoms with Crippen LogP contribution in [-0.4, -0.2) is 38.8 Å². The Labute approximate surface area is 178 Å². The van der Waals surface area contributed by atoms with Crippen LogP contribution in [0.15, 0.2) is 47.4 Å². The first kappa shape index (κ1) is 20.9. The maximum absolute atomic E-state index is 13.1. The van der Waals surface area contributed by atoms with Crippen molar-refractivity contribution in [3.8, 4) is 5.75 Å². The molecule has 0 unspecified atom stereocenters. The van der Waals surface area contributed by atoms with Crippen molar-refractivity contribution in [2.45, 2.75) is 43.4 Å². The minimum Gasteiger partial charge on any atom is -0.497 e. The van der Waals surface area contributed by atoms with Crippen LogP contribution in [0, 0.1) is 5.92 Å². The van der Waals surface area contributed by atoms with Gasteiger partial charge in [-0.15, -0.1) is 0 Å².